The molecule has 0 fully saturated rings. The zero-order chi connectivity index (χ0) is 70.0. The number of rotatable bonds is 0. The standard InChI is InChI=1S/C13H17N.4C13H19N.2C12H17N.CH4/c1-10-9-14(13(2,3)4)12-8-6-5-7-11(10)12;4*1-13(2,3)14-10-6-8-11-7-4-5-9-12(11)14;2*1-12(2,3)13-9-8-10-6-4-5-7-11(10)13;/h5-8H,1,9H2,2-4H3;4*4-5,7,9H,6,8,10H2,1-3H3;2*4-7H,8-9H2,1-3H3;1H4. The van der Waals surface area contributed by atoms with Crippen molar-refractivity contribution in [2.45, 2.75) is 256 Å². The topological polar surface area (TPSA) is 22.7 Å². The Hall–Kier alpha value is -7.12. The van der Waals surface area contributed by atoms with Crippen LogP contribution in [0.15, 0.2) is 176 Å². The van der Waals surface area contributed by atoms with Crippen LogP contribution in [0, 0.1) is 0 Å². The largest absolute Gasteiger partial charge is 0.366 e. The number of anilines is 7. The van der Waals surface area contributed by atoms with Crippen LogP contribution in [-0.4, -0.2) is 84.6 Å². The molecule has 526 valence electrons. The van der Waals surface area contributed by atoms with E-state index in [-0.39, 0.29) is 46.2 Å². The summed E-state index contributed by atoms with van der Waals surface area (Å²) in [6.45, 7) is 60.0. The van der Waals surface area contributed by atoms with Crippen LogP contribution in [0.4, 0.5) is 39.8 Å². The van der Waals surface area contributed by atoms with E-state index in [0.29, 0.717) is 0 Å². The quantitative estimate of drug-likeness (QED) is 0.149. The summed E-state index contributed by atoms with van der Waals surface area (Å²) in [5.41, 5.74) is 23.2. The maximum atomic E-state index is 4.12. The zero-order valence-electron chi connectivity index (χ0n) is 64.0. The van der Waals surface area contributed by atoms with Crippen LogP contribution < -0.4 is 34.3 Å². The van der Waals surface area contributed by atoms with Gasteiger partial charge >= 0.3 is 0 Å². The molecule has 7 heterocycles. The van der Waals surface area contributed by atoms with Gasteiger partial charge in [0.25, 0.3) is 0 Å². The van der Waals surface area contributed by atoms with E-state index < -0.39 is 0 Å². The van der Waals surface area contributed by atoms with Gasteiger partial charge in [-0.3, -0.25) is 0 Å². The molecule has 0 aliphatic carbocycles. The Kier molecular flexibility index (Phi) is 25.7. The average molecular weight is 1310 g/mol. The van der Waals surface area contributed by atoms with Crippen molar-refractivity contribution in [1.29, 1.82) is 0 Å². The van der Waals surface area contributed by atoms with Gasteiger partial charge in [0.15, 0.2) is 0 Å². The minimum Gasteiger partial charge on any atom is -0.366 e. The zero-order valence-corrected chi connectivity index (χ0v) is 64.0. The molecule has 0 radical (unpaired) electrons. The van der Waals surface area contributed by atoms with E-state index in [2.05, 4.69) is 356 Å². The second kappa shape index (κ2) is 32.3. The summed E-state index contributed by atoms with van der Waals surface area (Å²) in [5, 5.41) is 0. The molecule has 7 nitrogen and oxygen atoms in total. The molecule has 0 amide bonds. The highest BCUT2D eigenvalue weighted by atomic mass is 15.2. The molecule has 0 saturated carbocycles. The van der Waals surface area contributed by atoms with Crippen molar-refractivity contribution < 1.29 is 0 Å². The summed E-state index contributed by atoms with van der Waals surface area (Å²) in [6, 6.07) is 61.1. The molecule has 7 aromatic carbocycles. The smallest absolute Gasteiger partial charge is 0.0450 e. The maximum absolute atomic E-state index is 4.12. The third-order valence-corrected chi connectivity index (χ3v) is 19.8. The first kappa shape index (κ1) is 77.2. The van der Waals surface area contributed by atoms with Crippen molar-refractivity contribution in [3.8, 4) is 0 Å². The predicted octanol–water partition coefficient (Wildman–Crippen LogP) is 22.6. The summed E-state index contributed by atoms with van der Waals surface area (Å²) in [6.07, 6.45) is 12.5. The molecule has 7 aliphatic rings. The number of para-hydroxylation sites is 7. The van der Waals surface area contributed by atoms with Gasteiger partial charge in [-0.05, 0) is 291 Å². The molecule has 7 aromatic rings. The van der Waals surface area contributed by atoms with E-state index in [9.17, 15) is 0 Å². The number of hydrogen-bond donors (Lipinski definition) is 0. The molecule has 0 bridgehead atoms. The molecule has 0 spiro atoms. The second-order valence-corrected chi connectivity index (χ2v) is 34.5. The Bertz CT molecular complexity index is 3280. The van der Waals surface area contributed by atoms with Gasteiger partial charge in [0, 0.05) is 130 Å². The minimum absolute atomic E-state index is 0. The van der Waals surface area contributed by atoms with Crippen molar-refractivity contribution in [3.63, 3.8) is 0 Å². The van der Waals surface area contributed by atoms with Crippen LogP contribution in [0.2, 0.25) is 0 Å². The van der Waals surface area contributed by atoms with E-state index in [1.807, 2.05) is 0 Å². The third-order valence-electron chi connectivity index (χ3n) is 19.8. The number of fused-ring (bicyclic) bond motifs is 7. The highest BCUT2D eigenvalue weighted by Crippen LogP contribution is 2.40. The van der Waals surface area contributed by atoms with Crippen LogP contribution in [-0.2, 0) is 38.5 Å². The monoisotopic (exact) mass is 1310 g/mol. The number of hydrogen-bond acceptors (Lipinski definition) is 7. The highest BCUT2D eigenvalue weighted by Gasteiger charge is 2.33. The first-order chi connectivity index (χ1) is 45.0. The average Bonchev–Trinajstić information content (AvgIpc) is 1.22. The van der Waals surface area contributed by atoms with Crippen molar-refractivity contribution in [2.24, 2.45) is 0 Å². The minimum atomic E-state index is 0. The Balaban J connectivity index is 0.000000159. The van der Waals surface area contributed by atoms with E-state index in [4.69, 9.17) is 0 Å². The number of aryl methyl sites for hydroxylation is 4. The molecule has 0 aromatic heterocycles. The summed E-state index contributed by atoms with van der Waals surface area (Å²) in [5.74, 6) is 0. The van der Waals surface area contributed by atoms with E-state index >= 15 is 0 Å². The number of nitrogens with zero attached hydrogens (tertiary/aromatic N) is 7. The van der Waals surface area contributed by atoms with Crippen LogP contribution in [0.25, 0.3) is 5.57 Å². The summed E-state index contributed by atoms with van der Waals surface area (Å²) in [7, 11) is 0. The molecule has 7 aliphatic heterocycles. The normalized spacial score (nSPS) is 16.2. The van der Waals surface area contributed by atoms with Gasteiger partial charge in [0.1, 0.15) is 0 Å². The lowest BCUT2D eigenvalue weighted by molar-refractivity contribution is 0.483. The van der Waals surface area contributed by atoms with Gasteiger partial charge in [-0.25, -0.2) is 0 Å². The molecular formula is C90H131N7. The van der Waals surface area contributed by atoms with Crippen LogP contribution >= 0.6 is 0 Å². The van der Waals surface area contributed by atoms with E-state index in [1.54, 1.807) is 0 Å². The van der Waals surface area contributed by atoms with Crippen molar-refractivity contribution in [3.05, 3.63) is 215 Å². The van der Waals surface area contributed by atoms with E-state index in [1.165, 1.54) is 188 Å². The first-order valence-corrected chi connectivity index (χ1v) is 36.7. The molecule has 14 rings (SSSR count). The Labute approximate surface area is 593 Å². The van der Waals surface area contributed by atoms with Gasteiger partial charge in [0.2, 0.25) is 0 Å². The molecule has 0 unspecified atom stereocenters. The Morgan fingerprint density at radius 3 is 0.639 bits per heavy atom. The lowest BCUT2D eigenvalue weighted by Gasteiger charge is -2.41. The van der Waals surface area contributed by atoms with Crippen molar-refractivity contribution in [2.75, 3.05) is 80.1 Å². The van der Waals surface area contributed by atoms with Gasteiger partial charge in [-0.15, -0.1) is 0 Å². The molecule has 0 atom stereocenters. The van der Waals surface area contributed by atoms with E-state index in [0.717, 1.165) is 6.54 Å². The molecule has 0 N–H and O–H groups in total. The van der Waals surface area contributed by atoms with Gasteiger partial charge < -0.3 is 34.3 Å². The molecule has 97 heavy (non-hydrogen) atoms. The fourth-order valence-corrected chi connectivity index (χ4v) is 15.0. The van der Waals surface area contributed by atoms with Crippen LogP contribution in [0.5, 0.6) is 0 Å². The first-order valence-electron chi connectivity index (χ1n) is 36.7. The summed E-state index contributed by atoms with van der Waals surface area (Å²) >= 11 is 0. The van der Waals surface area contributed by atoms with Crippen molar-refractivity contribution >= 4 is 45.4 Å². The fourth-order valence-electron chi connectivity index (χ4n) is 15.0. The summed E-state index contributed by atoms with van der Waals surface area (Å²) < 4.78 is 0. The van der Waals surface area contributed by atoms with Crippen LogP contribution in [0.3, 0.4) is 0 Å². The Morgan fingerprint density at radius 2 is 0.412 bits per heavy atom. The van der Waals surface area contributed by atoms with Crippen LogP contribution in [0.1, 0.15) is 217 Å². The van der Waals surface area contributed by atoms with Gasteiger partial charge in [-0.2, -0.15) is 0 Å². The van der Waals surface area contributed by atoms with Crippen molar-refractivity contribution in [1.82, 2.24) is 0 Å². The predicted molar refractivity (Wildman–Crippen MR) is 431 cm³/mol. The lowest BCUT2D eigenvalue weighted by Crippen LogP contribution is -2.44. The Morgan fingerprint density at radius 1 is 0.227 bits per heavy atom. The third kappa shape index (κ3) is 20.3. The maximum Gasteiger partial charge on any atom is 0.0450 e. The van der Waals surface area contributed by atoms with Gasteiger partial charge in [0.05, 0.1) is 0 Å². The second-order valence-electron chi connectivity index (χ2n) is 34.5. The van der Waals surface area contributed by atoms with Gasteiger partial charge in [-0.1, -0.05) is 141 Å². The molecule has 7 heteroatoms. The lowest BCUT2D eigenvalue weighted by atomic mass is 9.96. The molecule has 0 saturated heterocycles. The molecular weight excluding hydrogens is 1180 g/mol. The SMILES string of the molecule is C.C=C1CN(C(C)(C)C)c2ccccc21.CC(C)(C)N1CCCc2ccccc21.CC(C)(C)N1CCCc2ccccc21.CC(C)(C)N1CCCc2ccccc21.CC(C)(C)N1CCCc2ccccc21.CC(C)(C)N1CCc2ccccc21.CC(C)(C)N1CCc2ccccc21. The highest BCUT2D eigenvalue weighted by molar-refractivity contribution is 5.85. The number of benzene rings is 7. The summed E-state index contributed by atoms with van der Waals surface area (Å²) in [4.78, 5) is 17.5. The fraction of sp³-hybridized carbons (Fsp3) is 0.511.